The second kappa shape index (κ2) is 3.46. The number of quaternary nitrogens is 2. The Morgan fingerprint density at radius 1 is 0.938 bits per heavy atom. The summed E-state index contributed by atoms with van der Waals surface area (Å²) < 4.78 is 0. The van der Waals surface area contributed by atoms with Crippen molar-refractivity contribution in [3.63, 3.8) is 0 Å². The molecule has 2 bridgehead atoms. The summed E-state index contributed by atoms with van der Waals surface area (Å²) in [6, 6.07) is 1.67. The summed E-state index contributed by atoms with van der Waals surface area (Å²) in [4.78, 5) is 3.32. The summed E-state index contributed by atoms with van der Waals surface area (Å²) in [5.74, 6) is 0.919. The largest absolute Gasteiger partial charge is 0.332 e. The summed E-state index contributed by atoms with van der Waals surface area (Å²) in [5, 5.41) is 0. The first kappa shape index (κ1) is 12.4. The highest BCUT2D eigenvalue weighted by atomic mass is 15.2. The number of hydrogen-bond donors (Lipinski definition) is 2. The van der Waals surface area contributed by atoms with E-state index in [-0.39, 0.29) is 0 Å². The van der Waals surface area contributed by atoms with E-state index in [2.05, 4.69) is 49.0 Å². The molecule has 2 heteroatoms. The standard InChI is InChI=1S/C14H28N2/c1-13(2)10-8-9-14(13,3)12(16(6)7)11(10)15(4)5/h10-12H,8-9H2,1-7H3/p+2/t10-,11-,12-,14+/m1/s1. The van der Waals surface area contributed by atoms with E-state index in [4.69, 9.17) is 0 Å². The Balaban J connectivity index is 2.44. The first-order chi connectivity index (χ1) is 7.23. The predicted molar refractivity (Wildman–Crippen MR) is 67.8 cm³/mol. The topological polar surface area (TPSA) is 8.88 Å². The lowest BCUT2D eigenvalue weighted by atomic mass is 9.69. The number of fused-ring (bicyclic) bond motifs is 2. The van der Waals surface area contributed by atoms with Crippen LogP contribution < -0.4 is 9.80 Å². The van der Waals surface area contributed by atoms with Crippen molar-refractivity contribution in [2.75, 3.05) is 28.2 Å². The van der Waals surface area contributed by atoms with Crippen LogP contribution in [0.4, 0.5) is 0 Å². The SMILES string of the molecule is C[NH+](C)[C@@H]1[C@H]2CC[C@@](C)([C@@H]1[NH+](C)C)C2(C)C. The summed E-state index contributed by atoms with van der Waals surface area (Å²) in [6.45, 7) is 7.58. The van der Waals surface area contributed by atoms with Gasteiger partial charge in [0.2, 0.25) is 0 Å². The molecule has 4 atom stereocenters. The van der Waals surface area contributed by atoms with E-state index in [9.17, 15) is 0 Å². The molecule has 0 unspecified atom stereocenters. The Labute approximate surface area is 101 Å². The van der Waals surface area contributed by atoms with Crippen molar-refractivity contribution in [1.29, 1.82) is 0 Å². The molecular formula is C14H30N2+2. The van der Waals surface area contributed by atoms with E-state index in [1.54, 1.807) is 9.80 Å². The Morgan fingerprint density at radius 3 is 1.88 bits per heavy atom. The quantitative estimate of drug-likeness (QED) is 0.626. The molecule has 0 saturated heterocycles. The van der Waals surface area contributed by atoms with Crippen LogP contribution in [0.2, 0.25) is 0 Å². The van der Waals surface area contributed by atoms with Crippen LogP contribution in [-0.2, 0) is 0 Å². The van der Waals surface area contributed by atoms with Crippen LogP contribution in [0.15, 0.2) is 0 Å². The molecule has 2 saturated carbocycles. The van der Waals surface area contributed by atoms with Gasteiger partial charge in [0.25, 0.3) is 0 Å². The molecule has 16 heavy (non-hydrogen) atoms. The average Bonchev–Trinajstić information content (AvgIpc) is 2.45. The molecule has 0 heterocycles. The molecule has 2 nitrogen and oxygen atoms in total. The van der Waals surface area contributed by atoms with E-state index in [1.165, 1.54) is 12.8 Å². The van der Waals surface area contributed by atoms with E-state index in [0.717, 1.165) is 18.0 Å². The van der Waals surface area contributed by atoms with Gasteiger partial charge < -0.3 is 9.80 Å². The van der Waals surface area contributed by atoms with E-state index in [0.29, 0.717) is 10.8 Å². The lowest BCUT2D eigenvalue weighted by Gasteiger charge is -2.40. The molecule has 0 spiro atoms. The highest BCUT2D eigenvalue weighted by Gasteiger charge is 2.71. The molecule has 0 radical (unpaired) electrons. The van der Waals surface area contributed by atoms with Crippen molar-refractivity contribution in [2.45, 2.75) is 45.7 Å². The molecule has 2 aliphatic rings. The van der Waals surface area contributed by atoms with Gasteiger partial charge >= 0.3 is 0 Å². The average molecular weight is 226 g/mol. The van der Waals surface area contributed by atoms with Gasteiger partial charge in [-0.25, -0.2) is 0 Å². The highest BCUT2D eigenvalue weighted by Crippen LogP contribution is 2.64. The van der Waals surface area contributed by atoms with Crippen LogP contribution in [0.5, 0.6) is 0 Å². The molecule has 2 rings (SSSR count). The van der Waals surface area contributed by atoms with E-state index in [1.807, 2.05) is 0 Å². The lowest BCUT2D eigenvalue weighted by molar-refractivity contribution is -0.964. The van der Waals surface area contributed by atoms with Crippen LogP contribution in [0, 0.1) is 16.7 Å². The second-order valence-electron chi connectivity index (χ2n) is 7.44. The van der Waals surface area contributed by atoms with Crippen molar-refractivity contribution in [3.05, 3.63) is 0 Å². The molecule has 0 aromatic heterocycles. The third kappa shape index (κ3) is 1.26. The number of hydrogen-bond acceptors (Lipinski definition) is 0. The fraction of sp³-hybridized carbons (Fsp3) is 1.00. The Hall–Kier alpha value is -0.0800. The minimum absolute atomic E-state index is 0.525. The van der Waals surface area contributed by atoms with Crippen LogP contribution >= 0.6 is 0 Å². The van der Waals surface area contributed by atoms with Gasteiger partial charge in [-0.15, -0.1) is 0 Å². The van der Waals surface area contributed by atoms with Crippen LogP contribution in [0.1, 0.15) is 33.6 Å². The first-order valence-electron chi connectivity index (χ1n) is 6.83. The number of rotatable bonds is 2. The van der Waals surface area contributed by atoms with Crippen molar-refractivity contribution < 1.29 is 9.80 Å². The van der Waals surface area contributed by atoms with Crippen molar-refractivity contribution in [1.82, 2.24) is 0 Å². The third-order valence-electron chi connectivity index (χ3n) is 6.14. The maximum absolute atomic E-state index is 2.55. The van der Waals surface area contributed by atoms with Crippen molar-refractivity contribution in [3.8, 4) is 0 Å². The Kier molecular flexibility index (Phi) is 2.67. The molecule has 0 aromatic rings. The van der Waals surface area contributed by atoms with Gasteiger partial charge in [0.05, 0.1) is 28.2 Å². The van der Waals surface area contributed by atoms with Gasteiger partial charge in [-0.1, -0.05) is 20.8 Å². The molecule has 0 aromatic carbocycles. The lowest BCUT2D eigenvalue weighted by Crippen LogP contribution is -3.22. The fourth-order valence-corrected chi connectivity index (χ4v) is 5.11. The summed E-state index contributed by atoms with van der Waals surface area (Å²) in [5.41, 5.74) is 1.06. The number of nitrogens with one attached hydrogen (secondary N) is 2. The van der Waals surface area contributed by atoms with Crippen molar-refractivity contribution in [2.24, 2.45) is 16.7 Å². The van der Waals surface area contributed by atoms with E-state index >= 15 is 0 Å². The molecule has 94 valence electrons. The Morgan fingerprint density at radius 2 is 1.50 bits per heavy atom. The number of likely N-dealkylation sites (N-methyl/N-ethyl adjacent to an activating group) is 2. The Bertz CT molecular complexity index is 282. The maximum atomic E-state index is 2.55. The first-order valence-corrected chi connectivity index (χ1v) is 6.83. The minimum Gasteiger partial charge on any atom is -0.332 e. The molecular weight excluding hydrogens is 196 g/mol. The van der Waals surface area contributed by atoms with E-state index < -0.39 is 0 Å². The molecule has 2 fully saturated rings. The monoisotopic (exact) mass is 226 g/mol. The zero-order chi connectivity index (χ0) is 12.3. The minimum atomic E-state index is 0.525. The third-order valence-corrected chi connectivity index (χ3v) is 6.14. The zero-order valence-electron chi connectivity index (χ0n) is 12.1. The summed E-state index contributed by atoms with van der Waals surface area (Å²) in [6.07, 6.45) is 2.88. The highest BCUT2D eigenvalue weighted by molar-refractivity contribution is 5.14. The summed E-state index contributed by atoms with van der Waals surface area (Å²) in [7, 11) is 9.40. The van der Waals surface area contributed by atoms with Crippen LogP contribution in [0.3, 0.4) is 0 Å². The van der Waals surface area contributed by atoms with Crippen LogP contribution in [0.25, 0.3) is 0 Å². The van der Waals surface area contributed by atoms with Gasteiger partial charge in [0, 0.05) is 11.3 Å². The van der Waals surface area contributed by atoms with Crippen LogP contribution in [-0.4, -0.2) is 40.3 Å². The van der Waals surface area contributed by atoms with Gasteiger partial charge in [-0.2, -0.15) is 0 Å². The van der Waals surface area contributed by atoms with Gasteiger partial charge in [0.15, 0.2) is 0 Å². The molecule has 0 aliphatic heterocycles. The van der Waals surface area contributed by atoms with Gasteiger partial charge in [-0.05, 0) is 18.3 Å². The maximum Gasteiger partial charge on any atom is 0.146 e. The molecule has 2 aliphatic carbocycles. The predicted octanol–water partition coefficient (Wildman–Crippen LogP) is -0.531. The smallest absolute Gasteiger partial charge is 0.146 e. The fourth-order valence-electron chi connectivity index (χ4n) is 5.11. The molecule has 0 amide bonds. The van der Waals surface area contributed by atoms with Gasteiger partial charge in [-0.3, -0.25) is 0 Å². The second-order valence-corrected chi connectivity index (χ2v) is 7.44. The normalized spacial score (nSPS) is 45.9. The molecule has 2 N–H and O–H groups in total. The van der Waals surface area contributed by atoms with Gasteiger partial charge in [0.1, 0.15) is 12.1 Å². The zero-order valence-corrected chi connectivity index (χ0v) is 12.1. The van der Waals surface area contributed by atoms with Crippen molar-refractivity contribution >= 4 is 0 Å². The summed E-state index contributed by atoms with van der Waals surface area (Å²) >= 11 is 0.